The molecule has 1 heterocycles. The third-order valence-electron chi connectivity index (χ3n) is 4.61. The second-order valence-electron chi connectivity index (χ2n) is 6.30. The maximum Gasteiger partial charge on any atom is 0.123 e. The minimum Gasteiger partial charge on any atom is -0.326 e. The van der Waals surface area contributed by atoms with E-state index in [1.165, 1.54) is 12.8 Å². The van der Waals surface area contributed by atoms with E-state index < -0.39 is 0 Å². The first-order valence-corrected chi connectivity index (χ1v) is 7.79. The lowest BCUT2D eigenvalue weighted by Gasteiger charge is -2.44. The molecule has 0 aliphatic carbocycles. The quantitative estimate of drug-likeness (QED) is 0.909. The fourth-order valence-corrected chi connectivity index (χ4v) is 3.28. The summed E-state index contributed by atoms with van der Waals surface area (Å²) in [6.45, 7) is 7.79. The summed E-state index contributed by atoms with van der Waals surface area (Å²) in [6, 6.07) is 7.69. The Balaban J connectivity index is 2.29. The summed E-state index contributed by atoms with van der Waals surface area (Å²) in [6.07, 6.45) is 3.43. The van der Waals surface area contributed by atoms with Gasteiger partial charge >= 0.3 is 0 Å². The molecule has 1 aliphatic rings. The molecule has 20 heavy (non-hydrogen) atoms. The van der Waals surface area contributed by atoms with Gasteiger partial charge in [-0.25, -0.2) is 4.39 Å². The van der Waals surface area contributed by atoms with Crippen molar-refractivity contribution in [2.45, 2.75) is 58.2 Å². The van der Waals surface area contributed by atoms with E-state index in [1.54, 1.807) is 12.1 Å². The molecule has 1 aromatic rings. The molecule has 1 aromatic carbocycles. The molecule has 1 saturated heterocycles. The minimum absolute atomic E-state index is 0.0909. The molecule has 0 radical (unpaired) electrons. The van der Waals surface area contributed by atoms with Gasteiger partial charge in [-0.15, -0.1) is 0 Å². The van der Waals surface area contributed by atoms with Crippen LogP contribution in [0.1, 0.15) is 51.6 Å². The fraction of sp³-hybridized carbons (Fsp3) is 0.647. The standard InChI is InChI=1S/C17H27FN2/c1-4-16(19)17(14-7-9-15(18)10-8-14)20-11-12(2)5-6-13(20)3/h7-10,12-13,16-17H,4-6,11,19H2,1-3H3. The highest BCUT2D eigenvalue weighted by Gasteiger charge is 2.32. The number of hydrogen-bond acceptors (Lipinski definition) is 2. The van der Waals surface area contributed by atoms with Crippen LogP contribution in [0.3, 0.4) is 0 Å². The predicted molar refractivity (Wildman–Crippen MR) is 82.0 cm³/mol. The van der Waals surface area contributed by atoms with Gasteiger partial charge in [-0.2, -0.15) is 0 Å². The first kappa shape index (κ1) is 15.5. The largest absolute Gasteiger partial charge is 0.326 e. The lowest BCUT2D eigenvalue weighted by atomic mass is 9.88. The van der Waals surface area contributed by atoms with E-state index in [-0.39, 0.29) is 17.9 Å². The van der Waals surface area contributed by atoms with Crippen molar-refractivity contribution in [1.29, 1.82) is 0 Å². The van der Waals surface area contributed by atoms with E-state index in [4.69, 9.17) is 5.73 Å². The van der Waals surface area contributed by atoms with Crippen molar-refractivity contribution in [3.8, 4) is 0 Å². The van der Waals surface area contributed by atoms with Crippen LogP contribution < -0.4 is 5.73 Å². The monoisotopic (exact) mass is 278 g/mol. The Morgan fingerprint density at radius 3 is 2.50 bits per heavy atom. The Labute approximate surface area is 122 Å². The summed E-state index contributed by atoms with van der Waals surface area (Å²) in [7, 11) is 0. The van der Waals surface area contributed by atoms with Crippen molar-refractivity contribution in [2.75, 3.05) is 6.54 Å². The molecule has 0 saturated carbocycles. The summed E-state index contributed by atoms with van der Waals surface area (Å²) in [4.78, 5) is 2.52. The molecule has 1 fully saturated rings. The molecule has 0 amide bonds. The molecule has 2 nitrogen and oxygen atoms in total. The van der Waals surface area contributed by atoms with Gasteiger partial charge in [0.05, 0.1) is 6.04 Å². The van der Waals surface area contributed by atoms with Crippen LogP contribution in [0, 0.1) is 11.7 Å². The summed E-state index contributed by atoms with van der Waals surface area (Å²) in [5.41, 5.74) is 7.53. The van der Waals surface area contributed by atoms with Crippen LogP contribution in [-0.2, 0) is 0 Å². The van der Waals surface area contributed by atoms with Gasteiger partial charge in [0.2, 0.25) is 0 Å². The lowest BCUT2D eigenvalue weighted by Crippen LogP contribution is -2.49. The molecule has 2 rings (SSSR count). The molecule has 4 atom stereocenters. The summed E-state index contributed by atoms with van der Waals surface area (Å²) >= 11 is 0. The van der Waals surface area contributed by atoms with Crippen molar-refractivity contribution in [2.24, 2.45) is 11.7 Å². The average Bonchev–Trinajstić information content (AvgIpc) is 2.44. The van der Waals surface area contributed by atoms with E-state index in [0.717, 1.165) is 18.5 Å². The van der Waals surface area contributed by atoms with Crippen molar-refractivity contribution in [3.63, 3.8) is 0 Å². The number of likely N-dealkylation sites (tertiary alicyclic amines) is 1. The first-order chi connectivity index (χ1) is 9.52. The molecule has 0 bridgehead atoms. The molecular formula is C17H27FN2. The number of halogens is 1. The lowest BCUT2D eigenvalue weighted by molar-refractivity contribution is 0.0625. The van der Waals surface area contributed by atoms with Crippen molar-refractivity contribution in [1.82, 2.24) is 4.90 Å². The number of hydrogen-bond donors (Lipinski definition) is 1. The van der Waals surface area contributed by atoms with E-state index in [0.29, 0.717) is 12.0 Å². The van der Waals surface area contributed by atoms with E-state index in [1.807, 2.05) is 12.1 Å². The Morgan fingerprint density at radius 1 is 1.25 bits per heavy atom. The zero-order valence-electron chi connectivity index (χ0n) is 12.8. The third-order valence-corrected chi connectivity index (χ3v) is 4.61. The van der Waals surface area contributed by atoms with Gasteiger partial charge in [0, 0.05) is 18.6 Å². The highest BCUT2D eigenvalue weighted by Crippen LogP contribution is 2.33. The average molecular weight is 278 g/mol. The molecule has 0 spiro atoms. The van der Waals surface area contributed by atoms with Crippen LogP contribution in [0.4, 0.5) is 4.39 Å². The molecule has 1 aliphatic heterocycles. The van der Waals surface area contributed by atoms with Gasteiger partial charge in [-0.05, 0) is 49.8 Å². The van der Waals surface area contributed by atoms with Crippen molar-refractivity contribution >= 4 is 0 Å². The van der Waals surface area contributed by atoms with Crippen molar-refractivity contribution in [3.05, 3.63) is 35.6 Å². The number of nitrogens with zero attached hydrogens (tertiary/aromatic N) is 1. The van der Waals surface area contributed by atoms with Gasteiger partial charge in [-0.3, -0.25) is 4.90 Å². The summed E-state index contributed by atoms with van der Waals surface area (Å²) < 4.78 is 13.2. The van der Waals surface area contributed by atoms with Gasteiger partial charge in [0.1, 0.15) is 5.82 Å². The van der Waals surface area contributed by atoms with Gasteiger partial charge in [-0.1, -0.05) is 26.0 Å². The van der Waals surface area contributed by atoms with E-state index in [9.17, 15) is 4.39 Å². The Morgan fingerprint density at radius 2 is 1.90 bits per heavy atom. The van der Waals surface area contributed by atoms with Crippen LogP contribution in [0.15, 0.2) is 24.3 Å². The number of benzene rings is 1. The van der Waals surface area contributed by atoms with E-state index in [2.05, 4.69) is 25.7 Å². The van der Waals surface area contributed by atoms with Crippen LogP contribution in [0.2, 0.25) is 0 Å². The predicted octanol–water partition coefficient (Wildman–Crippen LogP) is 3.72. The Bertz CT molecular complexity index is 418. The Kier molecular flexibility index (Phi) is 5.17. The summed E-state index contributed by atoms with van der Waals surface area (Å²) in [5, 5.41) is 0. The zero-order valence-corrected chi connectivity index (χ0v) is 12.8. The van der Waals surface area contributed by atoms with Crippen LogP contribution in [-0.4, -0.2) is 23.5 Å². The third kappa shape index (κ3) is 3.39. The number of piperidine rings is 1. The van der Waals surface area contributed by atoms with Gasteiger partial charge in [0.15, 0.2) is 0 Å². The van der Waals surface area contributed by atoms with Crippen LogP contribution in [0.25, 0.3) is 0 Å². The smallest absolute Gasteiger partial charge is 0.123 e. The molecule has 2 N–H and O–H groups in total. The maximum atomic E-state index is 13.2. The molecule has 3 heteroatoms. The van der Waals surface area contributed by atoms with Crippen LogP contribution >= 0.6 is 0 Å². The normalized spacial score (nSPS) is 27.2. The van der Waals surface area contributed by atoms with E-state index >= 15 is 0 Å². The number of rotatable bonds is 4. The number of nitrogens with two attached hydrogens (primary N) is 1. The fourth-order valence-electron chi connectivity index (χ4n) is 3.28. The van der Waals surface area contributed by atoms with Gasteiger partial charge in [0.25, 0.3) is 0 Å². The zero-order chi connectivity index (χ0) is 14.7. The van der Waals surface area contributed by atoms with Gasteiger partial charge < -0.3 is 5.73 Å². The Hall–Kier alpha value is -0.930. The maximum absolute atomic E-state index is 13.2. The van der Waals surface area contributed by atoms with Crippen LogP contribution in [0.5, 0.6) is 0 Å². The van der Waals surface area contributed by atoms with Crippen molar-refractivity contribution < 1.29 is 4.39 Å². The first-order valence-electron chi connectivity index (χ1n) is 7.79. The SMILES string of the molecule is CCC(N)C(c1ccc(F)cc1)N1CC(C)CCC1C. The second kappa shape index (κ2) is 6.68. The molecule has 112 valence electrons. The highest BCUT2D eigenvalue weighted by molar-refractivity contribution is 5.22. The summed E-state index contributed by atoms with van der Waals surface area (Å²) in [5.74, 6) is 0.524. The second-order valence-corrected chi connectivity index (χ2v) is 6.30. The molecule has 0 aromatic heterocycles. The molecule has 4 unspecified atom stereocenters. The minimum atomic E-state index is -0.183. The topological polar surface area (TPSA) is 29.3 Å². The molecular weight excluding hydrogens is 251 g/mol. The highest BCUT2D eigenvalue weighted by atomic mass is 19.1.